The first kappa shape index (κ1) is 37.1. The number of benzene rings is 1. The lowest BCUT2D eigenvalue weighted by molar-refractivity contribution is -0.863. The molecule has 1 heterocycles. The van der Waals surface area contributed by atoms with Crippen LogP contribution in [-0.4, -0.2) is 50.6 Å². The van der Waals surface area contributed by atoms with Crippen LogP contribution in [0.3, 0.4) is 0 Å². The highest BCUT2D eigenvalue weighted by Gasteiger charge is 2.16. The van der Waals surface area contributed by atoms with Gasteiger partial charge in [-0.25, -0.2) is 0 Å². The van der Waals surface area contributed by atoms with Crippen molar-refractivity contribution in [2.45, 2.75) is 130 Å². The van der Waals surface area contributed by atoms with E-state index in [9.17, 15) is 0 Å². The summed E-state index contributed by atoms with van der Waals surface area (Å²) in [5.41, 5.74) is 2.58. The van der Waals surface area contributed by atoms with Gasteiger partial charge in [-0.1, -0.05) is 109 Å². The second kappa shape index (κ2) is 25.8. The van der Waals surface area contributed by atoms with E-state index in [2.05, 4.69) is 55.4 Å². The molecule has 0 aromatic heterocycles. The van der Waals surface area contributed by atoms with Crippen molar-refractivity contribution in [1.29, 1.82) is 0 Å². The third-order valence-corrected chi connectivity index (χ3v) is 7.68. The Balaban J connectivity index is 0.00000800. The predicted molar refractivity (Wildman–Crippen MR) is 164 cm³/mol. The summed E-state index contributed by atoms with van der Waals surface area (Å²) in [6.45, 7) is 13.0. The van der Waals surface area contributed by atoms with E-state index in [1.807, 2.05) is 6.92 Å². The Hall–Kier alpha value is -0.920. The topological polar surface area (TPSA) is 35.4 Å². The molecule has 0 amide bonds. The first-order valence-corrected chi connectivity index (χ1v) is 16.4. The average Bonchev–Trinajstić information content (AvgIpc) is 3.40. The summed E-state index contributed by atoms with van der Waals surface area (Å²) in [7, 11) is 0. The first-order chi connectivity index (χ1) is 19.2. The second-order valence-corrected chi connectivity index (χ2v) is 11.3. The smallest absolute Gasteiger partial charge is 0.157 e. The van der Waals surface area contributed by atoms with Crippen molar-refractivity contribution in [2.75, 3.05) is 39.6 Å². The highest BCUT2D eigenvalue weighted by atomic mass is 79.9. The van der Waals surface area contributed by atoms with Gasteiger partial charge in [-0.3, -0.25) is 4.90 Å². The fraction of sp³-hybridized carbons (Fsp3) is 0.765. The average molecular weight is 626 g/mol. The molecule has 0 fully saturated rings. The Bertz CT molecular complexity index is 733. The van der Waals surface area contributed by atoms with Gasteiger partial charge in [0.25, 0.3) is 0 Å². The molecular formula is C34H61BrN2O3. The van der Waals surface area contributed by atoms with Crippen molar-refractivity contribution in [2.24, 2.45) is 0 Å². The Morgan fingerprint density at radius 1 is 0.775 bits per heavy atom. The third kappa shape index (κ3) is 18.5. The molecule has 1 aliphatic rings. The molecule has 40 heavy (non-hydrogen) atoms. The summed E-state index contributed by atoms with van der Waals surface area (Å²) >= 11 is 0. The molecular weight excluding hydrogens is 564 g/mol. The van der Waals surface area contributed by atoms with Crippen molar-refractivity contribution in [3.8, 4) is 0 Å². The maximum absolute atomic E-state index is 6.04. The van der Waals surface area contributed by atoms with Crippen molar-refractivity contribution in [1.82, 2.24) is 4.90 Å². The quantitative estimate of drug-likeness (QED) is 0.156. The molecule has 1 aromatic rings. The van der Waals surface area contributed by atoms with Gasteiger partial charge in [-0.15, -0.1) is 0 Å². The predicted octanol–water partition coefficient (Wildman–Crippen LogP) is 4.26. The van der Waals surface area contributed by atoms with E-state index in [4.69, 9.17) is 14.2 Å². The lowest BCUT2D eigenvalue weighted by atomic mass is 10.0. The van der Waals surface area contributed by atoms with Crippen LogP contribution >= 0.6 is 0 Å². The zero-order valence-corrected chi connectivity index (χ0v) is 27.7. The summed E-state index contributed by atoms with van der Waals surface area (Å²) in [5.74, 6) is 0. The molecule has 0 aliphatic carbocycles. The molecule has 0 saturated heterocycles. The largest absolute Gasteiger partial charge is 1.00 e. The first-order valence-electron chi connectivity index (χ1n) is 16.4. The minimum Gasteiger partial charge on any atom is -1.00 e. The van der Waals surface area contributed by atoms with Crippen LogP contribution in [0.4, 0.5) is 0 Å². The van der Waals surface area contributed by atoms with Crippen molar-refractivity contribution < 1.29 is 36.1 Å². The van der Waals surface area contributed by atoms with Crippen LogP contribution < -0.4 is 21.9 Å². The summed E-state index contributed by atoms with van der Waals surface area (Å²) in [6.07, 6.45) is 23.8. The maximum Gasteiger partial charge on any atom is 0.157 e. The number of ether oxygens (including phenoxy) is 3. The molecule has 0 spiro atoms. The number of hydrogen-bond acceptors (Lipinski definition) is 4. The molecule has 5 nitrogen and oxygen atoms in total. The fourth-order valence-electron chi connectivity index (χ4n) is 5.30. The van der Waals surface area contributed by atoms with Gasteiger partial charge in [0, 0.05) is 25.3 Å². The standard InChI is InChI=1S/C34H60N2O3.BrH/c1-4-7-8-9-10-11-12-13-14-15-16-17-18-19-25-37-29-34(39-6-3)30-38-28-33-22-20-21-32(26-33)27-36-24-23-35(5-2)31-36;/h20-24,26,34H,4-19,25,27-31H2,1-3H3;1H. The molecule has 1 aliphatic heterocycles. The fourth-order valence-corrected chi connectivity index (χ4v) is 5.30. The highest BCUT2D eigenvalue weighted by Crippen LogP contribution is 2.13. The van der Waals surface area contributed by atoms with Gasteiger partial charge in [0.1, 0.15) is 18.8 Å². The van der Waals surface area contributed by atoms with Crippen molar-refractivity contribution in [3.05, 3.63) is 47.8 Å². The lowest BCUT2D eigenvalue weighted by Crippen LogP contribution is -3.05. The zero-order chi connectivity index (χ0) is 27.8. The monoisotopic (exact) mass is 624 g/mol. The lowest BCUT2D eigenvalue weighted by Gasteiger charge is -2.18. The second-order valence-electron chi connectivity index (χ2n) is 11.3. The van der Waals surface area contributed by atoms with Crippen LogP contribution in [0.5, 0.6) is 0 Å². The molecule has 6 heteroatoms. The van der Waals surface area contributed by atoms with Gasteiger partial charge in [0.2, 0.25) is 0 Å². The van der Waals surface area contributed by atoms with Crippen LogP contribution in [0, 0.1) is 0 Å². The van der Waals surface area contributed by atoms with Crippen LogP contribution in [0.1, 0.15) is 122 Å². The van der Waals surface area contributed by atoms with Gasteiger partial charge in [0.05, 0.1) is 26.0 Å². The number of unbranched alkanes of at least 4 members (excludes halogenated alkanes) is 13. The molecule has 2 rings (SSSR count). The van der Waals surface area contributed by atoms with Crippen LogP contribution in [0.25, 0.3) is 0 Å². The number of rotatable bonds is 26. The highest BCUT2D eigenvalue weighted by molar-refractivity contribution is 5.22. The van der Waals surface area contributed by atoms with E-state index in [0.29, 0.717) is 26.4 Å². The van der Waals surface area contributed by atoms with Gasteiger partial charge < -0.3 is 36.1 Å². The van der Waals surface area contributed by atoms with E-state index in [0.717, 1.165) is 32.8 Å². The van der Waals surface area contributed by atoms with E-state index >= 15 is 0 Å². The number of quaternary nitrogens is 1. The molecule has 2 unspecified atom stereocenters. The number of nitrogens with zero attached hydrogens (tertiary/aromatic N) is 1. The Morgan fingerprint density at radius 3 is 1.98 bits per heavy atom. The SMILES string of the molecule is CCCCCCCCCCCCCCCCOCC(COCc1cccc(C[NH+]2C=CN(CC)C2)c1)OCC.[Br-]. The van der Waals surface area contributed by atoms with Crippen molar-refractivity contribution in [3.63, 3.8) is 0 Å². The van der Waals surface area contributed by atoms with Crippen LogP contribution in [0.2, 0.25) is 0 Å². The third-order valence-electron chi connectivity index (χ3n) is 7.68. The van der Waals surface area contributed by atoms with E-state index in [-0.39, 0.29) is 23.1 Å². The Morgan fingerprint density at radius 2 is 1.38 bits per heavy atom. The molecule has 232 valence electrons. The van der Waals surface area contributed by atoms with Gasteiger partial charge in [0.15, 0.2) is 6.67 Å². The molecule has 2 atom stereocenters. The summed E-state index contributed by atoms with van der Waals surface area (Å²) < 4.78 is 17.9. The molecule has 1 N–H and O–H groups in total. The van der Waals surface area contributed by atoms with Crippen molar-refractivity contribution >= 4 is 0 Å². The minimum absolute atomic E-state index is 0. The molecule has 0 saturated carbocycles. The Kier molecular flexibility index (Phi) is 23.9. The van der Waals surface area contributed by atoms with E-state index in [1.165, 1.54) is 99.5 Å². The molecule has 0 bridgehead atoms. The van der Waals surface area contributed by atoms with E-state index < -0.39 is 0 Å². The summed E-state index contributed by atoms with van der Waals surface area (Å²) in [6, 6.07) is 8.79. The van der Waals surface area contributed by atoms with Gasteiger partial charge in [-0.2, -0.15) is 0 Å². The Labute approximate surface area is 257 Å². The summed E-state index contributed by atoms with van der Waals surface area (Å²) in [4.78, 5) is 3.82. The molecule has 0 radical (unpaired) electrons. The minimum atomic E-state index is 0. The molecule has 1 aromatic carbocycles. The number of nitrogens with one attached hydrogen (secondary N) is 1. The van der Waals surface area contributed by atoms with Crippen LogP contribution in [0.15, 0.2) is 36.7 Å². The van der Waals surface area contributed by atoms with Gasteiger partial charge >= 0.3 is 0 Å². The van der Waals surface area contributed by atoms with Gasteiger partial charge in [-0.05, 0) is 31.9 Å². The maximum atomic E-state index is 6.04. The normalized spacial score (nSPS) is 15.5. The zero-order valence-electron chi connectivity index (χ0n) is 26.1. The number of halogens is 1. The van der Waals surface area contributed by atoms with Crippen LogP contribution in [-0.2, 0) is 27.4 Å². The van der Waals surface area contributed by atoms with E-state index in [1.54, 1.807) is 0 Å². The summed E-state index contributed by atoms with van der Waals surface area (Å²) in [5, 5.41) is 0. The number of hydrogen-bond donors (Lipinski definition) is 1.